The van der Waals surface area contributed by atoms with Crippen LogP contribution >= 0.6 is 11.3 Å². The van der Waals surface area contributed by atoms with Crippen molar-refractivity contribution >= 4 is 27.4 Å². The van der Waals surface area contributed by atoms with Gasteiger partial charge in [-0.25, -0.2) is 9.18 Å². The fourth-order valence-corrected chi connectivity index (χ4v) is 4.00. The highest BCUT2D eigenvalue weighted by molar-refractivity contribution is 7.21. The Labute approximate surface area is 160 Å². The third-order valence-corrected chi connectivity index (χ3v) is 5.42. The molecule has 5 nitrogen and oxygen atoms in total. The molecule has 1 heterocycles. The van der Waals surface area contributed by atoms with Gasteiger partial charge in [0.2, 0.25) is 5.75 Å². The number of hydrogen-bond donors (Lipinski definition) is 0. The summed E-state index contributed by atoms with van der Waals surface area (Å²) in [5.41, 5.74) is 1.27. The number of ether oxygens (including phenoxy) is 4. The molecule has 0 saturated carbocycles. The number of hydrogen-bond acceptors (Lipinski definition) is 6. The zero-order chi connectivity index (χ0) is 19.6. The van der Waals surface area contributed by atoms with Crippen molar-refractivity contribution in [1.29, 1.82) is 0 Å². The van der Waals surface area contributed by atoms with E-state index < -0.39 is 5.97 Å². The maximum atomic E-state index is 14.0. The minimum Gasteiger partial charge on any atom is -0.493 e. The molecule has 0 bridgehead atoms. The highest BCUT2D eigenvalue weighted by Crippen LogP contribution is 2.38. The first kappa shape index (κ1) is 19.0. The standard InChI is InChI=1S/C20H19FO5S/c1-11-17-13(21)6-5-7-16(17)27-19(11)20(22)26-10-12-8-14(23-2)18(25-4)15(9-12)24-3/h5-9H,10H2,1-4H3. The third-order valence-electron chi connectivity index (χ3n) is 4.18. The molecule has 3 aromatic rings. The molecule has 0 aliphatic heterocycles. The Balaban J connectivity index is 1.84. The van der Waals surface area contributed by atoms with E-state index in [2.05, 4.69) is 0 Å². The molecule has 3 rings (SSSR count). The molecule has 0 unspecified atom stereocenters. The van der Waals surface area contributed by atoms with Crippen LogP contribution in [-0.2, 0) is 11.3 Å². The van der Waals surface area contributed by atoms with Crippen molar-refractivity contribution in [2.24, 2.45) is 0 Å². The van der Waals surface area contributed by atoms with Crippen LogP contribution in [0.1, 0.15) is 20.8 Å². The van der Waals surface area contributed by atoms with E-state index >= 15 is 0 Å². The summed E-state index contributed by atoms with van der Waals surface area (Å²) in [5, 5.41) is 0.460. The number of thiophene rings is 1. The van der Waals surface area contributed by atoms with Gasteiger partial charge >= 0.3 is 5.97 Å². The van der Waals surface area contributed by atoms with E-state index in [9.17, 15) is 9.18 Å². The number of aryl methyl sites for hydroxylation is 1. The van der Waals surface area contributed by atoms with Gasteiger partial charge in [-0.2, -0.15) is 0 Å². The van der Waals surface area contributed by atoms with Crippen LogP contribution in [0.5, 0.6) is 17.2 Å². The summed E-state index contributed by atoms with van der Waals surface area (Å²) in [5.74, 6) is 0.573. The number of halogens is 1. The molecule has 0 aliphatic rings. The van der Waals surface area contributed by atoms with Crippen molar-refractivity contribution in [3.05, 3.63) is 52.2 Å². The van der Waals surface area contributed by atoms with E-state index in [0.717, 1.165) is 0 Å². The molecule has 0 atom stereocenters. The molecule has 0 spiro atoms. The molecule has 0 aliphatic carbocycles. The summed E-state index contributed by atoms with van der Waals surface area (Å²) in [6.45, 7) is 1.74. The topological polar surface area (TPSA) is 54.0 Å². The second-order valence-corrected chi connectivity index (χ2v) is 6.83. The van der Waals surface area contributed by atoms with Crippen LogP contribution in [0.15, 0.2) is 30.3 Å². The monoisotopic (exact) mass is 390 g/mol. The van der Waals surface area contributed by atoms with Crippen molar-refractivity contribution in [2.45, 2.75) is 13.5 Å². The van der Waals surface area contributed by atoms with Crippen molar-refractivity contribution in [1.82, 2.24) is 0 Å². The van der Waals surface area contributed by atoms with Gasteiger partial charge in [0.25, 0.3) is 0 Å². The first-order chi connectivity index (χ1) is 13.0. The number of benzene rings is 2. The molecule has 2 aromatic carbocycles. The average molecular weight is 390 g/mol. The number of fused-ring (bicyclic) bond motifs is 1. The Kier molecular flexibility index (Phi) is 5.51. The van der Waals surface area contributed by atoms with Gasteiger partial charge < -0.3 is 18.9 Å². The summed E-state index contributed by atoms with van der Waals surface area (Å²) in [6.07, 6.45) is 0. The zero-order valence-electron chi connectivity index (χ0n) is 15.4. The fourth-order valence-electron chi connectivity index (χ4n) is 2.88. The average Bonchev–Trinajstić information content (AvgIpc) is 3.03. The second kappa shape index (κ2) is 7.84. The summed E-state index contributed by atoms with van der Waals surface area (Å²) < 4.78 is 36.0. The molecule has 7 heteroatoms. The number of carbonyl (C=O) groups excluding carboxylic acids is 1. The van der Waals surface area contributed by atoms with E-state index in [-0.39, 0.29) is 12.4 Å². The predicted molar refractivity (Wildman–Crippen MR) is 102 cm³/mol. The smallest absolute Gasteiger partial charge is 0.348 e. The van der Waals surface area contributed by atoms with Crippen LogP contribution < -0.4 is 14.2 Å². The fraction of sp³-hybridized carbons (Fsp3) is 0.250. The Morgan fingerprint density at radius 1 is 1.07 bits per heavy atom. The first-order valence-electron chi connectivity index (χ1n) is 8.13. The maximum absolute atomic E-state index is 14.0. The summed E-state index contributed by atoms with van der Waals surface area (Å²) in [7, 11) is 4.55. The number of esters is 1. The molecule has 1 aromatic heterocycles. The van der Waals surface area contributed by atoms with Gasteiger partial charge in [-0.3, -0.25) is 0 Å². The summed E-state index contributed by atoms with van der Waals surface area (Å²) in [4.78, 5) is 12.9. The Bertz CT molecular complexity index is 970. The molecule has 0 saturated heterocycles. The Hall–Kier alpha value is -2.80. The summed E-state index contributed by atoms with van der Waals surface area (Å²) >= 11 is 1.22. The van der Waals surface area contributed by atoms with Crippen molar-refractivity contribution < 1.29 is 28.1 Å². The molecule has 142 valence electrons. The van der Waals surface area contributed by atoms with Crippen LogP contribution in [-0.4, -0.2) is 27.3 Å². The predicted octanol–water partition coefficient (Wildman–Crippen LogP) is 4.73. The number of rotatable bonds is 6. The van der Waals surface area contributed by atoms with Crippen molar-refractivity contribution in [3.8, 4) is 17.2 Å². The van der Waals surface area contributed by atoms with Crippen molar-refractivity contribution in [3.63, 3.8) is 0 Å². The van der Waals surface area contributed by atoms with Crippen LogP contribution in [0.2, 0.25) is 0 Å². The molecular weight excluding hydrogens is 371 g/mol. The SMILES string of the molecule is COc1cc(COC(=O)c2sc3cccc(F)c3c2C)cc(OC)c1OC. The quantitative estimate of drug-likeness (QED) is 0.570. The molecule has 27 heavy (non-hydrogen) atoms. The first-order valence-corrected chi connectivity index (χ1v) is 8.95. The maximum Gasteiger partial charge on any atom is 0.348 e. The highest BCUT2D eigenvalue weighted by Gasteiger charge is 2.20. The van der Waals surface area contributed by atoms with Gasteiger partial charge in [0.15, 0.2) is 11.5 Å². The lowest BCUT2D eigenvalue weighted by Gasteiger charge is -2.14. The normalized spacial score (nSPS) is 10.7. The van der Waals surface area contributed by atoms with Gasteiger partial charge in [-0.05, 0) is 42.3 Å². The molecule has 0 N–H and O–H groups in total. The lowest BCUT2D eigenvalue weighted by molar-refractivity contribution is 0.0477. The lowest BCUT2D eigenvalue weighted by atomic mass is 10.1. The highest BCUT2D eigenvalue weighted by atomic mass is 32.1. The van der Waals surface area contributed by atoms with Crippen LogP contribution in [0.3, 0.4) is 0 Å². The second-order valence-electron chi connectivity index (χ2n) is 5.78. The lowest BCUT2D eigenvalue weighted by Crippen LogP contribution is -2.05. The Morgan fingerprint density at radius 3 is 2.30 bits per heavy atom. The molecular formula is C20H19FO5S. The van der Waals surface area contributed by atoms with Crippen molar-refractivity contribution in [2.75, 3.05) is 21.3 Å². The Morgan fingerprint density at radius 2 is 1.74 bits per heavy atom. The minimum atomic E-state index is -0.498. The molecule has 0 fully saturated rings. The number of methoxy groups -OCH3 is 3. The number of carbonyl (C=O) groups is 1. The molecule has 0 radical (unpaired) electrons. The third kappa shape index (κ3) is 3.55. The molecule has 0 amide bonds. The van der Waals surface area contributed by atoms with E-state index in [0.29, 0.717) is 43.3 Å². The van der Waals surface area contributed by atoms with Crippen LogP contribution in [0, 0.1) is 12.7 Å². The van der Waals surface area contributed by atoms with E-state index in [1.807, 2.05) is 0 Å². The van der Waals surface area contributed by atoms with E-state index in [1.165, 1.54) is 38.7 Å². The van der Waals surface area contributed by atoms with Gasteiger partial charge in [-0.15, -0.1) is 11.3 Å². The minimum absolute atomic E-state index is 0.0196. The van der Waals surface area contributed by atoms with E-state index in [1.54, 1.807) is 31.2 Å². The van der Waals surface area contributed by atoms with Crippen LogP contribution in [0.25, 0.3) is 10.1 Å². The van der Waals surface area contributed by atoms with Gasteiger partial charge in [-0.1, -0.05) is 6.07 Å². The largest absolute Gasteiger partial charge is 0.493 e. The van der Waals surface area contributed by atoms with E-state index in [4.69, 9.17) is 18.9 Å². The summed E-state index contributed by atoms with van der Waals surface area (Å²) in [6, 6.07) is 8.22. The zero-order valence-corrected chi connectivity index (χ0v) is 16.2. The van der Waals surface area contributed by atoms with Gasteiger partial charge in [0.1, 0.15) is 17.3 Å². The van der Waals surface area contributed by atoms with Crippen LogP contribution in [0.4, 0.5) is 4.39 Å². The van der Waals surface area contributed by atoms with Gasteiger partial charge in [0, 0.05) is 10.1 Å². The van der Waals surface area contributed by atoms with Gasteiger partial charge in [0.05, 0.1) is 21.3 Å².